The Morgan fingerprint density at radius 1 is 1.11 bits per heavy atom. The molecule has 0 saturated carbocycles. The van der Waals surface area contributed by atoms with Gasteiger partial charge in [0.1, 0.15) is 5.03 Å². The zero-order chi connectivity index (χ0) is 13.0. The van der Waals surface area contributed by atoms with Gasteiger partial charge in [-0.3, -0.25) is 0 Å². The maximum Gasteiger partial charge on any atom is 0.102 e. The van der Waals surface area contributed by atoms with Crippen molar-refractivity contribution in [3.8, 4) is 0 Å². The molecule has 0 amide bonds. The molecule has 2 aromatic rings. The monoisotopic (exact) mass is 273 g/mol. The van der Waals surface area contributed by atoms with Crippen molar-refractivity contribution < 1.29 is 0 Å². The Morgan fingerprint density at radius 3 is 2.39 bits per heavy atom. The second kappa shape index (κ2) is 6.12. The quantitative estimate of drug-likeness (QED) is 0.595. The molecular weight excluding hydrogens is 258 g/mol. The number of benzene rings is 1. The number of hydrogen-bond acceptors (Lipinski definition) is 3. The van der Waals surface area contributed by atoms with Gasteiger partial charge in [-0.2, -0.15) is 0 Å². The Bertz CT molecular complexity index is 518. The third kappa shape index (κ3) is 3.40. The van der Waals surface area contributed by atoms with Crippen molar-refractivity contribution in [1.82, 2.24) is 4.98 Å². The molecule has 0 aliphatic heterocycles. The van der Waals surface area contributed by atoms with Gasteiger partial charge in [0, 0.05) is 6.20 Å². The lowest BCUT2D eigenvalue weighted by Crippen LogP contribution is -1.94. The van der Waals surface area contributed by atoms with E-state index in [2.05, 4.69) is 43.1 Å². The molecule has 0 unspecified atom stereocenters. The van der Waals surface area contributed by atoms with E-state index in [1.54, 1.807) is 6.20 Å². The van der Waals surface area contributed by atoms with Crippen LogP contribution < -0.4 is 0 Å². The molecule has 0 fully saturated rings. The molecule has 0 saturated heterocycles. The van der Waals surface area contributed by atoms with E-state index in [-0.39, 0.29) is 0 Å². The van der Waals surface area contributed by atoms with Gasteiger partial charge in [-0.15, -0.1) is 0 Å². The molecule has 1 aromatic heterocycles. The van der Waals surface area contributed by atoms with Crippen LogP contribution in [0.25, 0.3) is 0 Å². The summed E-state index contributed by atoms with van der Waals surface area (Å²) in [6.07, 6.45) is 1.78. The lowest BCUT2D eigenvalue weighted by molar-refractivity contribution is 0.867. The van der Waals surface area contributed by atoms with E-state index >= 15 is 0 Å². The zero-order valence-corrected chi connectivity index (χ0v) is 12.1. The molecule has 0 atom stereocenters. The lowest BCUT2D eigenvalue weighted by atomic mass is 10.0. The minimum absolute atomic E-state index is 0.552. The number of rotatable bonds is 3. The fourth-order valence-electron chi connectivity index (χ4n) is 1.57. The predicted octanol–water partition coefficient (Wildman–Crippen LogP) is 4.67. The lowest BCUT2D eigenvalue weighted by Gasteiger charge is -2.07. The topological polar surface area (TPSA) is 12.9 Å². The van der Waals surface area contributed by atoms with Crippen LogP contribution in [0.4, 0.5) is 0 Å². The van der Waals surface area contributed by atoms with E-state index in [1.165, 1.54) is 17.3 Å². The molecule has 92 valence electrons. The normalized spacial score (nSPS) is 10.6. The summed E-state index contributed by atoms with van der Waals surface area (Å²) >= 11 is 6.97. The van der Waals surface area contributed by atoms with Crippen molar-refractivity contribution in [2.45, 2.75) is 24.8 Å². The minimum atomic E-state index is 0.552. The SMILES string of the molecule is CC(C)c1ccc(C(=S)Sc2ccccn2)cc1. The van der Waals surface area contributed by atoms with E-state index in [9.17, 15) is 0 Å². The number of thioether (sulfide) groups is 1. The van der Waals surface area contributed by atoms with Crippen LogP contribution in [0.15, 0.2) is 53.7 Å². The van der Waals surface area contributed by atoms with Crippen molar-refractivity contribution in [2.24, 2.45) is 0 Å². The van der Waals surface area contributed by atoms with Gasteiger partial charge in [-0.1, -0.05) is 68.2 Å². The number of aromatic nitrogens is 1. The average molecular weight is 273 g/mol. The third-order valence-electron chi connectivity index (χ3n) is 2.65. The van der Waals surface area contributed by atoms with E-state index in [4.69, 9.17) is 12.2 Å². The van der Waals surface area contributed by atoms with Gasteiger partial charge in [-0.05, 0) is 29.2 Å². The molecule has 1 aromatic carbocycles. The number of pyridine rings is 1. The summed E-state index contributed by atoms with van der Waals surface area (Å²) in [5.41, 5.74) is 2.43. The second-order valence-electron chi connectivity index (χ2n) is 4.33. The van der Waals surface area contributed by atoms with E-state index in [1.807, 2.05) is 18.2 Å². The van der Waals surface area contributed by atoms with Crippen LogP contribution in [0.1, 0.15) is 30.9 Å². The summed E-state index contributed by atoms with van der Waals surface area (Å²) in [4.78, 5) is 4.27. The van der Waals surface area contributed by atoms with Crippen LogP contribution >= 0.6 is 24.0 Å². The summed E-state index contributed by atoms with van der Waals surface area (Å²) in [7, 11) is 0. The first kappa shape index (κ1) is 13.2. The minimum Gasteiger partial charge on any atom is -0.250 e. The van der Waals surface area contributed by atoms with Crippen LogP contribution in [0.5, 0.6) is 0 Å². The summed E-state index contributed by atoms with van der Waals surface area (Å²) in [6, 6.07) is 14.3. The van der Waals surface area contributed by atoms with Crippen LogP contribution in [0.2, 0.25) is 0 Å². The van der Waals surface area contributed by atoms with Gasteiger partial charge in [0.15, 0.2) is 0 Å². The Hall–Kier alpha value is -1.19. The van der Waals surface area contributed by atoms with Crippen LogP contribution in [-0.4, -0.2) is 9.18 Å². The van der Waals surface area contributed by atoms with Gasteiger partial charge in [-0.25, -0.2) is 4.98 Å². The van der Waals surface area contributed by atoms with Crippen LogP contribution in [0.3, 0.4) is 0 Å². The highest BCUT2D eigenvalue weighted by molar-refractivity contribution is 8.23. The Labute approximate surface area is 118 Å². The fourth-order valence-corrected chi connectivity index (χ4v) is 2.66. The summed E-state index contributed by atoms with van der Waals surface area (Å²) in [5.74, 6) is 0.552. The first-order valence-electron chi connectivity index (χ1n) is 5.90. The number of hydrogen-bond donors (Lipinski definition) is 0. The Kier molecular flexibility index (Phi) is 4.50. The molecule has 0 spiro atoms. The molecule has 0 aliphatic rings. The molecule has 3 heteroatoms. The summed E-state index contributed by atoms with van der Waals surface area (Å²) in [5, 5.41) is 0.940. The van der Waals surface area contributed by atoms with Gasteiger partial charge in [0.25, 0.3) is 0 Å². The predicted molar refractivity (Wildman–Crippen MR) is 82.3 cm³/mol. The van der Waals surface area contributed by atoms with Gasteiger partial charge < -0.3 is 0 Å². The second-order valence-corrected chi connectivity index (χ2v) is 6.03. The molecule has 1 heterocycles. The van der Waals surface area contributed by atoms with Crippen molar-refractivity contribution in [2.75, 3.05) is 0 Å². The van der Waals surface area contributed by atoms with Gasteiger partial charge in [0.2, 0.25) is 0 Å². The van der Waals surface area contributed by atoms with Crippen molar-refractivity contribution in [3.05, 3.63) is 59.8 Å². The highest BCUT2D eigenvalue weighted by Crippen LogP contribution is 2.23. The molecule has 18 heavy (non-hydrogen) atoms. The highest BCUT2D eigenvalue weighted by atomic mass is 32.2. The maximum absolute atomic E-state index is 5.43. The molecule has 1 nitrogen and oxygen atoms in total. The molecule has 0 aliphatic carbocycles. The first-order chi connectivity index (χ1) is 8.66. The largest absolute Gasteiger partial charge is 0.250 e. The molecule has 0 radical (unpaired) electrons. The third-order valence-corrected chi connectivity index (χ3v) is 4.01. The zero-order valence-electron chi connectivity index (χ0n) is 10.5. The molecular formula is C15H15NS2. The Balaban J connectivity index is 2.10. The Morgan fingerprint density at radius 2 is 1.83 bits per heavy atom. The van der Waals surface area contributed by atoms with Gasteiger partial charge >= 0.3 is 0 Å². The smallest absolute Gasteiger partial charge is 0.102 e. The summed E-state index contributed by atoms with van der Waals surface area (Å²) in [6.45, 7) is 4.38. The number of nitrogens with zero attached hydrogens (tertiary/aromatic N) is 1. The average Bonchev–Trinajstić information content (AvgIpc) is 2.40. The molecule has 2 rings (SSSR count). The maximum atomic E-state index is 5.43. The van der Waals surface area contributed by atoms with E-state index < -0.39 is 0 Å². The van der Waals surface area contributed by atoms with Crippen molar-refractivity contribution in [3.63, 3.8) is 0 Å². The summed E-state index contributed by atoms with van der Waals surface area (Å²) < 4.78 is 0.865. The number of thiocarbonyl (C=S) groups is 1. The van der Waals surface area contributed by atoms with Gasteiger partial charge in [0.05, 0.1) is 4.20 Å². The first-order valence-corrected chi connectivity index (χ1v) is 7.12. The van der Waals surface area contributed by atoms with Crippen LogP contribution in [-0.2, 0) is 0 Å². The van der Waals surface area contributed by atoms with E-state index in [0.717, 1.165) is 14.8 Å². The van der Waals surface area contributed by atoms with Crippen LogP contribution in [0, 0.1) is 0 Å². The molecule has 0 bridgehead atoms. The van der Waals surface area contributed by atoms with E-state index in [0.29, 0.717) is 5.92 Å². The van der Waals surface area contributed by atoms with Crippen molar-refractivity contribution in [1.29, 1.82) is 0 Å². The fraction of sp³-hybridized carbons (Fsp3) is 0.200. The standard InChI is InChI=1S/C15H15NS2/c1-11(2)12-6-8-13(9-7-12)15(17)18-14-5-3-4-10-16-14/h3-11H,1-2H3. The highest BCUT2D eigenvalue weighted by Gasteiger charge is 2.05. The van der Waals surface area contributed by atoms with Crippen molar-refractivity contribution >= 4 is 28.2 Å². The molecule has 0 N–H and O–H groups in total.